The number of rotatable bonds is 6. The Hall–Kier alpha value is -3.13. The molecule has 2 aromatic carbocycles. The van der Waals surface area contributed by atoms with Crippen LogP contribution in [-0.4, -0.2) is 17.5 Å². The Labute approximate surface area is 159 Å². The SMILES string of the molecule is CC(=O)CC1CC(C#N)=NN1c1ccc(Oc2ccccc2C(C)C)cc1. The lowest BCUT2D eigenvalue weighted by atomic mass is 10.0. The van der Waals surface area contributed by atoms with Crippen molar-refractivity contribution >= 4 is 17.2 Å². The van der Waals surface area contributed by atoms with Crippen molar-refractivity contribution in [2.45, 2.75) is 45.6 Å². The molecule has 1 aliphatic rings. The molecular weight excluding hydrogens is 338 g/mol. The molecule has 0 bridgehead atoms. The van der Waals surface area contributed by atoms with Gasteiger partial charge in [-0.1, -0.05) is 32.0 Å². The van der Waals surface area contributed by atoms with Gasteiger partial charge in [-0.25, -0.2) is 0 Å². The van der Waals surface area contributed by atoms with Crippen LogP contribution in [0.2, 0.25) is 0 Å². The summed E-state index contributed by atoms with van der Waals surface area (Å²) in [7, 11) is 0. The molecule has 2 aromatic rings. The second-order valence-corrected chi connectivity index (χ2v) is 7.06. The van der Waals surface area contributed by atoms with E-state index in [1.165, 1.54) is 0 Å². The topological polar surface area (TPSA) is 65.7 Å². The second kappa shape index (κ2) is 8.05. The Morgan fingerprint density at radius 3 is 2.59 bits per heavy atom. The van der Waals surface area contributed by atoms with Gasteiger partial charge in [0.15, 0.2) is 0 Å². The van der Waals surface area contributed by atoms with Crippen molar-refractivity contribution in [1.82, 2.24) is 0 Å². The molecule has 1 unspecified atom stereocenters. The summed E-state index contributed by atoms with van der Waals surface area (Å²) in [5, 5.41) is 15.3. The Morgan fingerprint density at radius 1 is 1.26 bits per heavy atom. The van der Waals surface area contributed by atoms with Crippen LogP contribution in [0.4, 0.5) is 5.69 Å². The van der Waals surface area contributed by atoms with E-state index in [-0.39, 0.29) is 11.8 Å². The molecule has 1 atom stereocenters. The summed E-state index contributed by atoms with van der Waals surface area (Å²) >= 11 is 0. The van der Waals surface area contributed by atoms with Crippen molar-refractivity contribution in [2.24, 2.45) is 5.10 Å². The predicted molar refractivity (Wildman–Crippen MR) is 106 cm³/mol. The number of ketones is 1. The lowest BCUT2D eigenvalue weighted by Crippen LogP contribution is -2.28. The highest BCUT2D eigenvalue weighted by molar-refractivity contribution is 6.01. The molecule has 0 saturated carbocycles. The number of nitriles is 1. The number of ether oxygens (including phenoxy) is 1. The summed E-state index contributed by atoms with van der Waals surface area (Å²) in [6.07, 6.45) is 0.866. The van der Waals surface area contributed by atoms with E-state index in [0.717, 1.165) is 22.7 Å². The minimum absolute atomic E-state index is 0.0876. The lowest BCUT2D eigenvalue weighted by Gasteiger charge is -2.23. The fourth-order valence-electron chi connectivity index (χ4n) is 3.23. The maximum absolute atomic E-state index is 11.5. The van der Waals surface area contributed by atoms with Crippen LogP contribution in [0.1, 0.15) is 45.1 Å². The van der Waals surface area contributed by atoms with Crippen LogP contribution >= 0.6 is 0 Å². The number of carbonyl (C=O) groups excluding carboxylic acids is 1. The van der Waals surface area contributed by atoms with Crippen molar-refractivity contribution in [2.75, 3.05) is 5.01 Å². The van der Waals surface area contributed by atoms with Gasteiger partial charge in [0, 0.05) is 12.8 Å². The number of benzene rings is 2. The first-order valence-corrected chi connectivity index (χ1v) is 9.11. The van der Waals surface area contributed by atoms with Crippen LogP contribution in [-0.2, 0) is 4.79 Å². The quantitative estimate of drug-likeness (QED) is 0.723. The molecule has 27 heavy (non-hydrogen) atoms. The highest BCUT2D eigenvalue weighted by Crippen LogP contribution is 2.32. The van der Waals surface area contributed by atoms with E-state index in [9.17, 15) is 4.79 Å². The van der Waals surface area contributed by atoms with Gasteiger partial charge in [-0.15, -0.1) is 0 Å². The van der Waals surface area contributed by atoms with Crippen LogP contribution in [0, 0.1) is 11.3 Å². The van der Waals surface area contributed by atoms with E-state index in [2.05, 4.69) is 31.1 Å². The molecule has 5 heteroatoms. The molecular formula is C22H23N3O2. The van der Waals surface area contributed by atoms with E-state index >= 15 is 0 Å². The number of hydrogen-bond donors (Lipinski definition) is 0. The van der Waals surface area contributed by atoms with Crippen LogP contribution in [0.25, 0.3) is 0 Å². The average Bonchev–Trinajstić information content (AvgIpc) is 3.05. The highest BCUT2D eigenvalue weighted by Gasteiger charge is 2.28. The van der Waals surface area contributed by atoms with Crippen molar-refractivity contribution in [1.29, 1.82) is 5.26 Å². The smallest absolute Gasteiger partial charge is 0.140 e. The Bertz CT molecular complexity index is 895. The first-order chi connectivity index (χ1) is 13.0. The largest absolute Gasteiger partial charge is 0.457 e. The predicted octanol–water partition coefficient (Wildman–Crippen LogP) is 5.04. The fraction of sp³-hybridized carbons (Fsp3) is 0.318. The van der Waals surface area contributed by atoms with E-state index in [4.69, 9.17) is 10.00 Å². The van der Waals surface area contributed by atoms with Gasteiger partial charge in [-0.3, -0.25) is 9.80 Å². The minimum atomic E-state index is -0.106. The van der Waals surface area contributed by atoms with E-state index < -0.39 is 0 Å². The molecule has 5 nitrogen and oxygen atoms in total. The molecule has 0 radical (unpaired) electrons. The zero-order chi connectivity index (χ0) is 19.4. The summed E-state index contributed by atoms with van der Waals surface area (Å²) < 4.78 is 6.06. The summed E-state index contributed by atoms with van der Waals surface area (Å²) in [4.78, 5) is 11.5. The Kier molecular flexibility index (Phi) is 5.56. The van der Waals surface area contributed by atoms with Crippen LogP contribution in [0.5, 0.6) is 11.5 Å². The fourth-order valence-corrected chi connectivity index (χ4v) is 3.23. The number of nitrogens with zero attached hydrogens (tertiary/aromatic N) is 3. The Balaban J connectivity index is 1.80. The highest BCUT2D eigenvalue weighted by atomic mass is 16.5. The molecule has 0 fully saturated rings. The van der Waals surface area contributed by atoms with Gasteiger partial charge in [0.05, 0.1) is 11.7 Å². The molecule has 3 rings (SSSR count). The molecule has 1 heterocycles. The molecule has 0 amide bonds. The summed E-state index contributed by atoms with van der Waals surface area (Å²) in [6, 6.07) is 17.6. The summed E-state index contributed by atoms with van der Waals surface area (Å²) in [5.41, 5.74) is 2.45. The molecule has 1 aliphatic heterocycles. The average molecular weight is 361 g/mol. The van der Waals surface area contributed by atoms with Gasteiger partial charge in [-0.2, -0.15) is 10.4 Å². The van der Waals surface area contributed by atoms with Crippen LogP contribution < -0.4 is 9.75 Å². The van der Waals surface area contributed by atoms with E-state index in [1.54, 1.807) is 11.9 Å². The van der Waals surface area contributed by atoms with Crippen LogP contribution in [0.15, 0.2) is 53.6 Å². The van der Waals surface area contributed by atoms with Crippen LogP contribution in [0.3, 0.4) is 0 Å². The third kappa shape index (κ3) is 4.35. The molecule has 0 aliphatic carbocycles. The zero-order valence-corrected chi connectivity index (χ0v) is 15.8. The summed E-state index contributed by atoms with van der Waals surface area (Å²) in [5.74, 6) is 2.04. The van der Waals surface area contributed by atoms with Crippen molar-refractivity contribution in [3.05, 3.63) is 54.1 Å². The third-order valence-electron chi connectivity index (χ3n) is 4.53. The maximum atomic E-state index is 11.5. The van der Waals surface area contributed by atoms with Gasteiger partial charge in [-0.05, 0) is 48.7 Å². The molecule has 0 aromatic heterocycles. The number of carbonyl (C=O) groups is 1. The molecule has 0 N–H and O–H groups in total. The third-order valence-corrected chi connectivity index (χ3v) is 4.53. The second-order valence-electron chi connectivity index (χ2n) is 7.06. The number of anilines is 1. The first-order valence-electron chi connectivity index (χ1n) is 9.11. The van der Waals surface area contributed by atoms with Gasteiger partial charge in [0.25, 0.3) is 0 Å². The maximum Gasteiger partial charge on any atom is 0.140 e. The number of hydrazone groups is 1. The van der Waals surface area contributed by atoms with Crippen molar-refractivity contribution in [3.8, 4) is 17.6 Å². The van der Waals surface area contributed by atoms with Crippen molar-refractivity contribution < 1.29 is 9.53 Å². The first kappa shape index (κ1) is 18.7. The van der Waals surface area contributed by atoms with Crippen molar-refractivity contribution in [3.63, 3.8) is 0 Å². The van der Waals surface area contributed by atoms with E-state index in [1.807, 2.05) is 42.5 Å². The monoisotopic (exact) mass is 361 g/mol. The zero-order valence-electron chi connectivity index (χ0n) is 15.8. The van der Waals surface area contributed by atoms with Gasteiger partial charge in [0.2, 0.25) is 0 Å². The van der Waals surface area contributed by atoms with E-state index in [0.29, 0.717) is 24.5 Å². The molecule has 0 saturated heterocycles. The van der Waals surface area contributed by atoms with Gasteiger partial charge < -0.3 is 4.74 Å². The standard InChI is InChI=1S/C22H23N3O2/c1-15(2)21-6-4-5-7-22(21)27-20-10-8-18(9-11-20)25-19(12-16(3)26)13-17(14-23)24-25/h4-11,15,19H,12-13H2,1-3H3. The number of hydrogen-bond acceptors (Lipinski definition) is 5. The Morgan fingerprint density at radius 2 is 1.96 bits per heavy atom. The normalized spacial score (nSPS) is 16.2. The lowest BCUT2D eigenvalue weighted by molar-refractivity contribution is -0.117. The number of para-hydroxylation sites is 1. The molecule has 0 spiro atoms. The van der Waals surface area contributed by atoms with Gasteiger partial charge >= 0.3 is 0 Å². The number of Topliss-reactive ketones (excluding diaryl/α,β-unsaturated/α-hetero) is 1. The molecule has 138 valence electrons. The minimum Gasteiger partial charge on any atom is -0.457 e. The van der Waals surface area contributed by atoms with Gasteiger partial charge in [0.1, 0.15) is 29.1 Å². The summed E-state index contributed by atoms with van der Waals surface area (Å²) in [6.45, 7) is 5.84.